The molecule has 0 unspecified atom stereocenters. The molecule has 0 aliphatic carbocycles. The van der Waals surface area contributed by atoms with Gasteiger partial charge in [-0.3, -0.25) is 0 Å². The summed E-state index contributed by atoms with van der Waals surface area (Å²) in [5, 5.41) is 2.93. The summed E-state index contributed by atoms with van der Waals surface area (Å²) in [5.74, 6) is 0.616. The molecule has 1 aliphatic rings. The molecule has 1 fully saturated rings. The third kappa shape index (κ3) is 3.34. The average Bonchev–Trinajstić information content (AvgIpc) is 3.02. The number of anilines is 1. The molecule has 0 saturated carbocycles. The largest absolute Gasteiger partial charge is 0.323 e. The Kier molecular flexibility index (Phi) is 4.57. The lowest BCUT2D eigenvalue weighted by Gasteiger charge is -2.25. The van der Waals surface area contributed by atoms with Crippen molar-refractivity contribution in [3.8, 4) is 0 Å². The molecule has 2 aromatic rings. The quantitative estimate of drug-likeness (QED) is 0.864. The fourth-order valence-electron chi connectivity index (χ4n) is 2.66. The lowest BCUT2D eigenvalue weighted by Crippen LogP contribution is -2.34. The zero-order chi connectivity index (χ0) is 16.4. The Morgan fingerprint density at radius 2 is 1.96 bits per heavy atom. The van der Waals surface area contributed by atoms with E-state index in [-0.39, 0.29) is 17.2 Å². The predicted molar refractivity (Wildman–Crippen MR) is 93.2 cm³/mol. The van der Waals surface area contributed by atoms with Crippen molar-refractivity contribution in [2.24, 2.45) is 0 Å². The molecule has 2 aromatic carbocycles. The predicted octanol–water partition coefficient (Wildman–Crippen LogP) is 4.72. The zero-order valence-electron chi connectivity index (χ0n) is 13.2. The van der Waals surface area contributed by atoms with Gasteiger partial charge in [-0.2, -0.15) is 0 Å². The minimum absolute atomic E-state index is 0.0688. The Labute approximate surface area is 139 Å². The van der Waals surface area contributed by atoms with Gasteiger partial charge >= 0.3 is 6.03 Å². The summed E-state index contributed by atoms with van der Waals surface area (Å²) >= 11 is 1.70. The minimum atomic E-state index is -0.261. The van der Waals surface area contributed by atoms with Crippen molar-refractivity contribution in [2.45, 2.75) is 19.2 Å². The van der Waals surface area contributed by atoms with Crippen LogP contribution in [0.2, 0.25) is 0 Å². The van der Waals surface area contributed by atoms with Gasteiger partial charge in [0.05, 0.1) is 0 Å². The van der Waals surface area contributed by atoms with E-state index in [4.69, 9.17) is 0 Å². The van der Waals surface area contributed by atoms with Gasteiger partial charge in [0, 0.05) is 18.0 Å². The van der Waals surface area contributed by atoms with Crippen molar-refractivity contribution in [1.29, 1.82) is 0 Å². The van der Waals surface area contributed by atoms with Crippen LogP contribution in [-0.4, -0.2) is 23.2 Å². The Balaban J connectivity index is 1.78. The number of rotatable bonds is 2. The van der Waals surface area contributed by atoms with E-state index in [2.05, 4.69) is 5.32 Å². The average molecular weight is 330 g/mol. The van der Waals surface area contributed by atoms with Crippen LogP contribution in [0.4, 0.5) is 14.9 Å². The molecule has 3 nitrogen and oxygen atoms in total. The second kappa shape index (κ2) is 6.62. The molecule has 1 atom stereocenters. The highest BCUT2D eigenvalue weighted by Crippen LogP contribution is 2.38. The number of benzene rings is 2. The van der Waals surface area contributed by atoms with Crippen LogP contribution in [0.3, 0.4) is 0 Å². The number of hydrogen-bond donors (Lipinski definition) is 1. The highest BCUT2D eigenvalue weighted by Gasteiger charge is 2.30. The second-order valence-corrected chi connectivity index (χ2v) is 6.83. The Morgan fingerprint density at radius 3 is 2.70 bits per heavy atom. The monoisotopic (exact) mass is 330 g/mol. The molecule has 1 aliphatic heterocycles. The fourth-order valence-corrected chi connectivity index (χ4v) is 3.91. The SMILES string of the molecule is Cc1cccc(NC(=O)N2CCS[C@@H]2c2ccc(F)cc2)c1C. The molecule has 1 N–H and O–H groups in total. The molecule has 1 saturated heterocycles. The van der Waals surface area contributed by atoms with Gasteiger partial charge < -0.3 is 10.2 Å². The number of nitrogens with zero attached hydrogens (tertiary/aromatic N) is 1. The zero-order valence-corrected chi connectivity index (χ0v) is 14.0. The van der Waals surface area contributed by atoms with Crippen LogP contribution in [0.5, 0.6) is 0 Å². The van der Waals surface area contributed by atoms with Crippen LogP contribution >= 0.6 is 11.8 Å². The van der Waals surface area contributed by atoms with E-state index in [0.717, 1.165) is 28.1 Å². The number of urea groups is 1. The number of amides is 2. The van der Waals surface area contributed by atoms with Crippen molar-refractivity contribution in [3.05, 3.63) is 65.0 Å². The van der Waals surface area contributed by atoms with Gasteiger partial charge in [0.25, 0.3) is 0 Å². The molecular formula is C18H19FN2OS. The first-order valence-electron chi connectivity index (χ1n) is 7.57. The number of carbonyl (C=O) groups is 1. The van der Waals surface area contributed by atoms with Gasteiger partial charge in [-0.15, -0.1) is 11.8 Å². The molecule has 5 heteroatoms. The highest BCUT2D eigenvalue weighted by molar-refractivity contribution is 7.99. The van der Waals surface area contributed by atoms with Crippen LogP contribution in [0.25, 0.3) is 0 Å². The fraction of sp³-hybridized carbons (Fsp3) is 0.278. The normalized spacial score (nSPS) is 17.3. The molecule has 23 heavy (non-hydrogen) atoms. The first kappa shape index (κ1) is 15.9. The third-order valence-corrected chi connectivity index (χ3v) is 5.41. The molecule has 3 rings (SSSR count). The Morgan fingerprint density at radius 1 is 1.22 bits per heavy atom. The van der Waals surface area contributed by atoms with Gasteiger partial charge in [-0.1, -0.05) is 24.3 Å². The van der Waals surface area contributed by atoms with Crippen LogP contribution in [0.1, 0.15) is 22.1 Å². The van der Waals surface area contributed by atoms with Crippen molar-refractivity contribution in [2.75, 3.05) is 17.6 Å². The van der Waals surface area contributed by atoms with E-state index in [1.807, 2.05) is 32.0 Å². The topological polar surface area (TPSA) is 32.3 Å². The maximum atomic E-state index is 13.1. The van der Waals surface area contributed by atoms with Gasteiger partial charge in [-0.05, 0) is 48.7 Å². The lowest BCUT2D eigenvalue weighted by molar-refractivity contribution is 0.214. The van der Waals surface area contributed by atoms with Crippen molar-refractivity contribution in [3.63, 3.8) is 0 Å². The summed E-state index contributed by atoms with van der Waals surface area (Å²) in [5.41, 5.74) is 4.01. The number of aryl methyl sites for hydroxylation is 1. The van der Waals surface area contributed by atoms with E-state index >= 15 is 0 Å². The summed E-state index contributed by atoms with van der Waals surface area (Å²) < 4.78 is 13.1. The molecular weight excluding hydrogens is 311 g/mol. The lowest BCUT2D eigenvalue weighted by atomic mass is 10.1. The first-order valence-corrected chi connectivity index (χ1v) is 8.62. The van der Waals surface area contributed by atoms with E-state index in [1.165, 1.54) is 12.1 Å². The summed E-state index contributed by atoms with van der Waals surface area (Å²) in [4.78, 5) is 14.5. The van der Waals surface area contributed by atoms with Crippen LogP contribution in [0.15, 0.2) is 42.5 Å². The minimum Gasteiger partial charge on any atom is -0.308 e. The Bertz CT molecular complexity index is 717. The molecule has 120 valence electrons. The molecule has 0 radical (unpaired) electrons. The summed E-state index contributed by atoms with van der Waals surface area (Å²) in [6.45, 7) is 4.71. The van der Waals surface area contributed by atoms with Crippen LogP contribution < -0.4 is 5.32 Å². The van der Waals surface area contributed by atoms with Crippen molar-refractivity contribution >= 4 is 23.5 Å². The maximum absolute atomic E-state index is 13.1. The number of thioether (sulfide) groups is 1. The molecule has 2 amide bonds. The van der Waals surface area contributed by atoms with Gasteiger partial charge in [0.1, 0.15) is 11.2 Å². The summed E-state index contributed by atoms with van der Waals surface area (Å²) in [6.07, 6.45) is 0. The van der Waals surface area contributed by atoms with Crippen molar-refractivity contribution in [1.82, 2.24) is 4.90 Å². The van der Waals surface area contributed by atoms with Crippen LogP contribution in [0, 0.1) is 19.7 Å². The maximum Gasteiger partial charge on any atom is 0.323 e. The van der Waals surface area contributed by atoms with Crippen molar-refractivity contribution < 1.29 is 9.18 Å². The van der Waals surface area contributed by atoms with Gasteiger partial charge in [0.2, 0.25) is 0 Å². The third-order valence-electron chi connectivity index (χ3n) is 4.15. The number of nitrogens with one attached hydrogen (secondary N) is 1. The first-order chi connectivity index (χ1) is 11.1. The molecule has 1 heterocycles. The van der Waals surface area contributed by atoms with E-state index in [9.17, 15) is 9.18 Å². The van der Waals surface area contributed by atoms with E-state index in [1.54, 1.807) is 28.8 Å². The van der Waals surface area contributed by atoms with Gasteiger partial charge in [-0.25, -0.2) is 9.18 Å². The summed E-state index contributed by atoms with van der Waals surface area (Å²) in [6, 6.07) is 12.1. The summed E-state index contributed by atoms with van der Waals surface area (Å²) in [7, 11) is 0. The van der Waals surface area contributed by atoms with Crippen LogP contribution in [-0.2, 0) is 0 Å². The smallest absolute Gasteiger partial charge is 0.308 e. The number of carbonyl (C=O) groups excluding carboxylic acids is 1. The Hall–Kier alpha value is -2.01. The highest BCUT2D eigenvalue weighted by atomic mass is 32.2. The number of halogens is 1. The van der Waals surface area contributed by atoms with E-state index < -0.39 is 0 Å². The second-order valence-electron chi connectivity index (χ2n) is 5.65. The standard InChI is InChI=1S/C18H19FN2OS/c1-12-4-3-5-16(13(12)2)20-18(22)21-10-11-23-17(21)14-6-8-15(19)9-7-14/h3-9,17H,10-11H2,1-2H3,(H,20,22)/t17-/m1/s1. The molecule has 0 aromatic heterocycles. The molecule has 0 bridgehead atoms. The van der Waals surface area contributed by atoms with E-state index in [0.29, 0.717) is 6.54 Å². The number of hydrogen-bond acceptors (Lipinski definition) is 2. The molecule has 0 spiro atoms. The van der Waals surface area contributed by atoms with Gasteiger partial charge in [0.15, 0.2) is 0 Å².